The second kappa shape index (κ2) is 9.38. The molecule has 0 saturated carbocycles. The molecule has 1 N–H and O–H groups in total. The van der Waals surface area contributed by atoms with Gasteiger partial charge in [0.05, 0.1) is 12.0 Å². The number of nitrogens with zero attached hydrogens (tertiary/aromatic N) is 6. The third-order valence-corrected chi connectivity index (χ3v) is 4.94. The van der Waals surface area contributed by atoms with Crippen molar-refractivity contribution in [3.8, 4) is 11.3 Å². The second-order valence-electron chi connectivity index (χ2n) is 7.58. The van der Waals surface area contributed by atoms with Crippen molar-refractivity contribution in [2.24, 2.45) is 0 Å². The average molecular weight is 435 g/mol. The van der Waals surface area contributed by atoms with Crippen LogP contribution in [-0.2, 0) is 9.59 Å². The summed E-state index contributed by atoms with van der Waals surface area (Å²) in [7, 11) is 4.66. The van der Waals surface area contributed by atoms with Gasteiger partial charge in [-0.15, -0.1) is 10.2 Å². The first-order chi connectivity index (χ1) is 15.2. The molecule has 0 bridgehead atoms. The molecule has 0 spiro atoms. The molecule has 3 amide bonds. The molecule has 0 aliphatic carbocycles. The molecular formula is C22H25N7O3. The van der Waals surface area contributed by atoms with Crippen LogP contribution in [0.3, 0.4) is 0 Å². The number of carbonyl (C=O) groups is 3. The zero-order valence-corrected chi connectivity index (χ0v) is 18.6. The molecule has 1 unspecified atom stereocenters. The molecule has 166 valence electrons. The Labute approximate surface area is 185 Å². The summed E-state index contributed by atoms with van der Waals surface area (Å²) in [5.74, 6) is -0.342. The summed E-state index contributed by atoms with van der Waals surface area (Å²) in [6, 6.07) is 10.5. The fourth-order valence-corrected chi connectivity index (χ4v) is 3.01. The first-order valence-corrected chi connectivity index (χ1v) is 9.91. The van der Waals surface area contributed by atoms with Crippen molar-refractivity contribution in [1.29, 1.82) is 0 Å². The highest BCUT2D eigenvalue weighted by Crippen LogP contribution is 2.23. The van der Waals surface area contributed by atoms with E-state index in [-0.39, 0.29) is 23.2 Å². The van der Waals surface area contributed by atoms with Crippen LogP contribution >= 0.6 is 0 Å². The molecule has 3 aromatic rings. The predicted molar refractivity (Wildman–Crippen MR) is 120 cm³/mol. The molecular weight excluding hydrogens is 410 g/mol. The number of nitrogens with one attached hydrogen (secondary N) is 1. The standard InChI is InChI=1S/C22H25N7O3/c1-14-6-8-16(9-7-14)17-10-11-18(26-25-17)24-21(31)15(2)29-12-23-20(28(5)13-30)19(29)22(32)27(3)4/h6-13,15H,1-5H3,(H,24,26,31). The SMILES string of the molecule is Cc1ccc(-c2ccc(NC(=O)C(C)n3cnc(N(C)C=O)c3C(=O)N(C)C)nn2)cc1. The lowest BCUT2D eigenvalue weighted by molar-refractivity contribution is -0.118. The van der Waals surface area contributed by atoms with Gasteiger partial charge in [-0.05, 0) is 26.0 Å². The van der Waals surface area contributed by atoms with Gasteiger partial charge in [-0.25, -0.2) is 4.98 Å². The van der Waals surface area contributed by atoms with Gasteiger partial charge < -0.3 is 19.7 Å². The molecule has 0 aliphatic heterocycles. The van der Waals surface area contributed by atoms with E-state index in [0.29, 0.717) is 12.1 Å². The first-order valence-electron chi connectivity index (χ1n) is 9.91. The lowest BCUT2D eigenvalue weighted by Gasteiger charge is -2.19. The van der Waals surface area contributed by atoms with Gasteiger partial charge in [0.2, 0.25) is 12.3 Å². The molecule has 10 nitrogen and oxygen atoms in total. The Morgan fingerprint density at radius 2 is 1.75 bits per heavy atom. The number of aryl methyl sites for hydroxylation is 1. The van der Waals surface area contributed by atoms with Crippen molar-refractivity contribution >= 4 is 29.9 Å². The zero-order chi connectivity index (χ0) is 23.4. The van der Waals surface area contributed by atoms with E-state index in [1.807, 2.05) is 31.2 Å². The molecule has 32 heavy (non-hydrogen) atoms. The molecule has 2 aromatic heterocycles. The molecule has 1 aromatic carbocycles. The maximum atomic E-state index is 12.9. The van der Waals surface area contributed by atoms with E-state index in [9.17, 15) is 14.4 Å². The van der Waals surface area contributed by atoms with Crippen LogP contribution in [0, 0.1) is 6.92 Å². The van der Waals surface area contributed by atoms with Crippen LogP contribution in [0.5, 0.6) is 0 Å². The molecule has 1 atom stereocenters. The van der Waals surface area contributed by atoms with Gasteiger partial charge >= 0.3 is 0 Å². The summed E-state index contributed by atoms with van der Waals surface area (Å²) in [6.07, 6.45) is 1.91. The lowest BCUT2D eigenvalue weighted by Crippen LogP contribution is -2.31. The number of hydrogen-bond acceptors (Lipinski definition) is 6. The largest absolute Gasteiger partial charge is 0.343 e. The van der Waals surface area contributed by atoms with Crippen molar-refractivity contribution in [2.75, 3.05) is 31.4 Å². The van der Waals surface area contributed by atoms with Crippen LogP contribution in [0.2, 0.25) is 0 Å². The third kappa shape index (κ3) is 4.64. The molecule has 0 radical (unpaired) electrons. The molecule has 2 heterocycles. The van der Waals surface area contributed by atoms with E-state index in [0.717, 1.165) is 11.1 Å². The lowest BCUT2D eigenvalue weighted by atomic mass is 10.1. The van der Waals surface area contributed by atoms with Crippen LogP contribution in [0.1, 0.15) is 29.0 Å². The van der Waals surface area contributed by atoms with Gasteiger partial charge in [-0.2, -0.15) is 0 Å². The normalized spacial score (nSPS) is 11.5. The highest BCUT2D eigenvalue weighted by atomic mass is 16.2. The average Bonchev–Trinajstić information content (AvgIpc) is 3.23. The van der Waals surface area contributed by atoms with Gasteiger partial charge in [-0.1, -0.05) is 29.8 Å². The van der Waals surface area contributed by atoms with Gasteiger partial charge in [0, 0.05) is 26.7 Å². The summed E-state index contributed by atoms with van der Waals surface area (Å²) in [6.45, 7) is 3.63. The van der Waals surface area contributed by atoms with Crippen LogP contribution < -0.4 is 10.2 Å². The number of imidazole rings is 1. The Kier molecular flexibility index (Phi) is 6.62. The summed E-state index contributed by atoms with van der Waals surface area (Å²) >= 11 is 0. The van der Waals surface area contributed by atoms with Crippen LogP contribution in [0.15, 0.2) is 42.7 Å². The van der Waals surface area contributed by atoms with E-state index in [1.165, 1.54) is 27.7 Å². The maximum absolute atomic E-state index is 12.9. The van der Waals surface area contributed by atoms with Crippen LogP contribution in [-0.4, -0.2) is 64.0 Å². The number of hydrogen-bond donors (Lipinski definition) is 1. The summed E-state index contributed by atoms with van der Waals surface area (Å²) in [4.78, 5) is 43.5. The first kappa shape index (κ1) is 22.6. The number of rotatable bonds is 7. The number of anilines is 2. The van der Waals surface area contributed by atoms with Crippen LogP contribution in [0.4, 0.5) is 11.6 Å². The van der Waals surface area contributed by atoms with E-state index in [4.69, 9.17) is 0 Å². The molecule has 10 heteroatoms. The highest BCUT2D eigenvalue weighted by molar-refractivity contribution is 6.00. The molecule has 0 saturated heterocycles. The molecule has 0 aliphatic rings. The fourth-order valence-electron chi connectivity index (χ4n) is 3.01. The van der Waals surface area contributed by atoms with E-state index in [1.54, 1.807) is 33.2 Å². The Morgan fingerprint density at radius 3 is 2.31 bits per heavy atom. The van der Waals surface area contributed by atoms with Crippen molar-refractivity contribution in [2.45, 2.75) is 19.9 Å². The zero-order valence-electron chi connectivity index (χ0n) is 18.6. The molecule has 0 fully saturated rings. The van der Waals surface area contributed by atoms with E-state index in [2.05, 4.69) is 20.5 Å². The summed E-state index contributed by atoms with van der Waals surface area (Å²) in [5, 5.41) is 11.0. The van der Waals surface area contributed by atoms with Crippen molar-refractivity contribution < 1.29 is 14.4 Å². The predicted octanol–water partition coefficient (Wildman–Crippen LogP) is 2.14. The fraction of sp³-hybridized carbons (Fsp3) is 0.273. The Morgan fingerprint density at radius 1 is 1.06 bits per heavy atom. The number of amides is 3. The minimum atomic E-state index is -0.797. The minimum Gasteiger partial charge on any atom is -0.343 e. The van der Waals surface area contributed by atoms with Crippen LogP contribution in [0.25, 0.3) is 11.3 Å². The monoisotopic (exact) mass is 435 g/mol. The van der Waals surface area contributed by atoms with Gasteiger partial charge in [0.15, 0.2) is 17.3 Å². The third-order valence-electron chi connectivity index (χ3n) is 4.94. The Hall–Kier alpha value is -4.08. The Balaban J connectivity index is 1.81. The molecule has 3 rings (SSSR count). The van der Waals surface area contributed by atoms with Crippen molar-refractivity contribution in [3.05, 3.63) is 54.0 Å². The number of benzene rings is 1. The van der Waals surface area contributed by atoms with Gasteiger partial charge in [-0.3, -0.25) is 14.4 Å². The van der Waals surface area contributed by atoms with Gasteiger partial charge in [0.25, 0.3) is 5.91 Å². The second-order valence-corrected chi connectivity index (χ2v) is 7.58. The number of carbonyl (C=O) groups excluding carboxylic acids is 3. The topological polar surface area (TPSA) is 113 Å². The van der Waals surface area contributed by atoms with Crippen molar-refractivity contribution in [3.63, 3.8) is 0 Å². The van der Waals surface area contributed by atoms with Gasteiger partial charge in [0.1, 0.15) is 6.04 Å². The van der Waals surface area contributed by atoms with Crippen molar-refractivity contribution in [1.82, 2.24) is 24.6 Å². The quantitative estimate of drug-likeness (QED) is 0.569. The smallest absolute Gasteiger partial charge is 0.273 e. The summed E-state index contributed by atoms with van der Waals surface area (Å²) in [5.41, 5.74) is 2.89. The highest BCUT2D eigenvalue weighted by Gasteiger charge is 2.28. The summed E-state index contributed by atoms with van der Waals surface area (Å²) < 4.78 is 1.43. The van der Waals surface area contributed by atoms with E-state index < -0.39 is 11.9 Å². The minimum absolute atomic E-state index is 0.132. The maximum Gasteiger partial charge on any atom is 0.273 e. The number of aromatic nitrogens is 4. The Bertz CT molecular complexity index is 1120. The van der Waals surface area contributed by atoms with E-state index >= 15 is 0 Å².